The molecule has 118 valence electrons. The molecule has 1 aliphatic rings. The minimum Gasteiger partial charge on any atom is -0.333 e. The summed E-state index contributed by atoms with van der Waals surface area (Å²) in [6, 6.07) is 9.85. The third-order valence-electron chi connectivity index (χ3n) is 3.95. The normalized spacial score (nSPS) is 17.9. The van der Waals surface area contributed by atoms with Gasteiger partial charge in [-0.3, -0.25) is 4.79 Å². The first kappa shape index (κ1) is 16.5. The van der Waals surface area contributed by atoms with Gasteiger partial charge in [0.25, 0.3) is 5.91 Å². The van der Waals surface area contributed by atoms with E-state index in [4.69, 9.17) is 0 Å². The van der Waals surface area contributed by atoms with E-state index in [-0.39, 0.29) is 24.4 Å². The Balaban J connectivity index is 0.00000176. The maximum absolute atomic E-state index is 12.6. The van der Waals surface area contributed by atoms with Crippen molar-refractivity contribution in [1.29, 1.82) is 0 Å². The summed E-state index contributed by atoms with van der Waals surface area (Å²) in [5.41, 5.74) is 2.78. The van der Waals surface area contributed by atoms with Crippen LogP contribution in [0.4, 0.5) is 0 Å². The molecule has 0 aliphatic carbocycles. The molecule has 0 unspecified atom stereocenters. The second-order valence-electron chi connectivity index (χ2n) is 5.48. The lowest BCUT2D eigenvalue weighted by molar-refractivity contribution is 0.0656. The maximum atomic E-state index is 12.6. The van der Waals surface area contributed by atoms with Crippen molar-refractivity contribution in [2.45, 2.75) is 19.9 Å². The van der Waals surface area contributed by atoms with Crippen LogP contribution in [-0.2, 0) is 0 Å². The van der Waals surface area contributed by atoms with Crippen LogP contribution in [0.1, 0.15) is 23.0 Å². The molecule has 1 aliphatic heterocycles. The largest absolute Gasteiger partial charge is 0.333 e. The number of aryl methyl sites for hydroxylation is 1. The van der Waals surface area contributed by atoms with Crippen molar-refractivity contribution in [2.75, 3.05) is 19.6 Å². The Kier molecular flexibility index (Phi) is 5.21. The Hall–Kier alpha value is -1.85. The third kappa shape index (κ3) is 3.15. The number of hydrogen-bond acceptors (Lipinski definition) is 3. The molecule has 2 aromatic rings. The SMILES string of the molecule is Cc1ccnn1-c1ccc(C(=O)N2CCNC[C@H]2C)cc1.Cl. The molecule has 5 nitrogen and oxygen atoms in total. The number of benzene rings is 1. The molecule has 2 heterocycles. The van der Waals surface area contributed by atoms with E-state index in [2.05, 4.69) is 17.3 Å². The summed E-state index contributed by atoms with van der Waals surface area (Å²) in [6.45, 7) is 6.57. The molecule has 0 saturated carbocycles. The van der Waals surface area contributed by atoms with Gasteiger partial charge in [-0.15, -0.1) is 12.4 Å². The fourth-order valence-corrected chi connectivity index (χ4v) is 2.69. The summed E-state index contributed by atoms with van der Waals surface area (Å²) < 4.78 is 1.86. The summed E-state index contributed by atoms with van der Waals surface area (Å²) in [5, 5.41) is 7.57. The van der Waals surface area contributed by atoms with Crippen LogP contribution in [0.15, 0.2) is 36.5 Å². The lowest BCUT2D eigenvalue weighted by Gasteiger charge is -2.34. The minimum atomic E-state index is 0. The molecule has 1 aromatic carbocycles. The first-order chi connectivity index (χ1) is 10.2. The molecule has 22 heavy (non-hydrogen) atoms. The standard InChI is InChI=1S/C16H20N4O.ClH/c1-12-7-8-18-20(12)15-5-3-14(4-6-15)16(21)19-10-9-17-11-13(19)2;/h3-8,13,17H,9-11H2,1-2H3;1H/t13-;/m1./s1. The van der Waals surface area contributed by atoms with Crippen LogP contribution in [0.2, 0.25) is 0 Å². The number of carbonyl (C=O) groups excluding carboxylic acids is 1. The molecule has 1 amide bonds. The molecule has 1 aromatic heterocycles. The molecule has 6 heteroatoms. The Morgan fingerprint density at radius 1 is 1.27 bits per heavy atom. The monoisotopic (exact) mass is 320 g/mol. The van der Waals surface area contributed by atoms with Crippen LogP contribution in [0, 0.1) is 6.92 Å². The minimum absolute atomic E-state index is 0. The highest BCUT2D eigenvalue weighted by atomic mass is 35.5. The van der Waals surface area contributed by atoms with Gasteiger partial charge in [-0.2, -0.15) is 5.10 Å². The van der Waals surface area contributed by atoms with Crippen LogP contribution in [0.5, 0.6) is 0 Å². The van der Waals surface area contributed by atoms with E-state index in [1.165, 1.54) is 0 Å². The number of halogens is 1. The molecule has 3 rings (SSSR count). The number of rotatable bonds is 2. The number of nitrogens with one attached hydrogen (secondary N) is 1. The Morgan fingerprint density at radius 2 is 2.00 bits per heavy atom. The predicted molar refractivity (Wildman–Crippen MR) is 88.9 cm³/mol. The van der Waals surface area contributed by atoms with Crippen LogP contribution in [0.3, 0.4) is 0 Å². The number of hydrogen-bond donors (Lipinski definition) is 1. The summed E-state index contributed by atoms with van der Waals surface area (Å²) >= 11 is 0. The highest BCUT2D eigenvalue weighted by Crippen LogP contribution is 2.14. The second-order valence-corrected chi connectivity index (χ2v) is 5.48. The molecular formula is C16H21ClN4O. The van der Waals surface area contributed by atoms with Crippen LogP contribution in [-0.4, -0.2) is 46.3 Å². The molecule has 1 fully saturated rings. The summed E-state index contributed by atoms with van der Waals surface area (Å²) in [6.07, 6.45) is 1.77. The van der Waals surface area contributed by atoms with E-state index >= 15 is 0 Å². The summed E-state index contributed by atoms with van der Waals surface area (Å²) in [5.74, 6) is 0.104. The highest BCUT2D eigenvalue weighted by Gasteiger charge is 2.23. The Labute approximate surface area is 136 Å². The Morgan fingerprint density at radius 3 is 2.59 bits per heavy atom. The van der Waals surface area contributed by atoms with Gasteiger partial charge in [0.05, 0.1) is 5.69 Å². The lowest BCUT2D eigenvalue weighted by Crippen LogP contribution is -2.52. The van der Waals surface area contributed by atoms with Gasteiger partial charge in [-0.05, 0) is 44.2 Å². The number of aromatic nitrogens is 2. The number of nitrogens with zero attached hydrogens (tertiary/aromatic N) is 3. The highest BCUT2D eigenvalue weighted by molar-refractivity contribution is 5.94. The predicted octanol–water partition coefficient (Wildman–Crippen LogP) is 2.04. The average Bonchev–Trinajstić information content (AvgIpc) is 2.93. The van der Waals surface area contributed by atoms with Crippen molar-refractivity contribution in [3.8, 4) is 5.69 Å². The van der Waals surface area contributed by atoms with Gasteiger partial charge < -0.3 is 10.2 Å². The van der Waals surface area contributed by atoms with Gasteiger partial charge in [0.2, 0.25) is 0 Å². The Bertz CT molecular complexity index is 638. The van der Waals surface area contributed by atoms with E-state index in [1.807, 2.05) is 46.8 Å². The van der Waals surface area contributed by atoms with Gasteiger partial charge in [0.1, 0.15) is 0 Å². The van der Waals surface area contributed by atoms with E-state index < -0.39 is 0 Å². The van der Waals surface area contributed by atoms with Crippen LogP contribution >= 0.6 is 12.4 Å². The first-order valence-corrected chi connectivity index (χ1v) is 7.29. The van der Waals surface area contributed by atoms with Gasteiger partial charge in [-0.25, -0.2) is 4.68 Å². The van der Waals surface area contributed by atoms with Crippen molar-refractivity contribution in [3.63, 3.8) is 0 Å². The summed E-state index contributed by atoms with van der Waals surface area (Å²) in [7, 11) is 0. The molecule has 0 bridgehead atoms. The smallest absolute Gasteiger partial charge is 0.254 e. The molecular weight excluding hydrogens is 300 g/mol. The molecule has 1 atom stereocenters. The van der Waals surface area contributed by atoms with Crippen LogP contribution < -0.4 is 5.32 Å². The molecule has 1 saturated heterocycles. The number of piperazine rings is 1. The zero-order valence-corrected chi connectivity index (χ0v) is 13.6. The summed E-state index contributed by atoms with van der Waals surface area (Å²) in [4.78, 5) is 14.5. The van der Waals surface area contributed by atoms with Crippen molar-refractivity contribution in [2.24, 2.45) is 0 Å². The quantitative estimate of drug-likeness (QED) is 0.921. The van der Waals surface area contributed by atoms with Crippen molar-refractivity contribution in [3.05, 3.63) is 47.8 Å². The van der Waals surface area contributed by atoms with Gasteiger partial charge in [0.15, 0.2) is 0 Å². The average molecular weight is 321 g/mol. The van der Waals surface area contributed by atoms with Gasteiger partial charge >= 0.3 is 0 Å². The number of amides is 1. The zero-order chi connectivity index (χ0) is 14.8. The van der Waals surface area contributed by atoms with E-state index in [9.17, 15) is 4.79 Å². The lowest BCUT2D eigenvalue weighted by atomic mass is 10.1. The third-order valence-corrected chi connectivity index (χ3v) is 3.95. The topological polar surface area (TPSA) is 50.2 Å². The van der Waals surface area contributed by atoms with Crippen molar-refractivity contribution in [1.82, 2.24) is 20.0 Å². The maximum Gasteiger partial charge on any atom is 0.254 e. The fourth-order valence-electron chi connectivity index (χ4n) is 2.69. The fraction of sp³-hybridized carbons (Fsp3) is 0.375. The molecule has 0 spiro atoms. The second kappa shape index (κ2) is 6.94. The number of carbonyl (C=O) groups is 1. The van der Waals surface area contributed by atoms with Gasteiger partial charge in [0, 0.05) is 43.1 Å². The first-order valence-electron chi connectivity index (χ1n) is 7.29. The van der Waals surface area contributed by atoms with Gasteiger partial charge in [-0.1, -0.05) is 0 Å². The molecule has 0 radical (unpaired) electrons. The zero-order valence-electron chi connectivity index (χ0n) is 12.8. The van der Waals surface area contributed by atoms with E-state index in [1.54, 1.807) is 6.20 Å². The van der Waals surface area contributed by atoms with Crippen molar-refractivity contribution >= 4 is 18.3 Å². The van der Waals surface area contributed by atoms with Crippen LogP contribution in [0.25, 0.3) is 5.69 Å². The van der Waals surface area contributed by atoms with E-state index in [0.717, 1.165) is 36.6 Å². The van der Waals surface area contributed by atoms with Crippen molar-refractivity contribution < 1.29 is 4.79 Å². The van der Waals surface area contributed by atoms with E-state index in [0.29, 0.717) is 0 Å². The molecule has 1 N–H and O–H groups in total.